The highest BCUT2D eigenvalue weighted by Crippen LogP contribution is 2.37. The van der Waals surface area contributed by atoms with Gasteiger partial charge in [-0.2, -0.15) is 0 Å². The molecular formula is C28H47NO10. The van der Waals surface area contributed by atoms with Crippen LogP contribution in [-0.4, -0.2) is 98.1 Å². The summed E-state index contributed by atoms with van der Waals surface area (Å²) in [6.45, 7) is 9.55. The van der Waals surface area contributed by atoms with Gasteiger partial charge in [0, 0.05) is 12.5 Å². The first-order chi connectivity index (χ1) is 18.1. The largest absolute Gasteiger partial charge is 0.458 e. The summed E-state index contributed by atoms with van der Waals surface area (Å²) in [7, 11) is 0. The number of ether oxygens (including phenoxy) is 3. The fourth-order valence-corrected chi connectivity index (χ4v) is 5.07. The summed E-state index contributed by atoms with van der Waals surface area (Å²) in [5.74, 6) is -2.55. The molecule has 0 aliphatic carbocycles. The van der Waals surface area contributed by atoms with Crippen molar-refractivity contribution in [2.45, 2.75) is 128 Å². The highest BCUT2D eigenvalue weighted by atomic mass is 16.7. The third-order valence-corrected chi connectivity index (χ3v) is 7.68. The van der Waals surface area contributed by atoms with Crippen LogP contribution in [-0.2, 0) is 23.8 Å². The molecule has 2 saturated heterocycles. The van der Waals surface area contributed by atoms with E-state index in [0.717, 1.165) is 12.0 Å². The van der Waals surface area contributed by atoms with Crippen LogP contribution < -0.4 is 5.32 Å². The molecule has 224 valence electrons. The Morgan fingerprint density at radius 1 is 1.21 bits per heavy atom. The molecule has 11 heteroatoms. The maximum absolute atomic E-state index is 12.4. The first-order valence-electron chi connectivity index (χ1n) is 13.7. The summed E-state index contributed by atoms with van der Waals surface area (Å²) < 4.78 is 16.8. The Balaban J connectivity index is 1.86. The maximum atomic E-state index is 12.4. The van der Waals surface area contributed by atoms with Gasteiger partial charge in [0.1, 0.15) is 23.9 Å². The average molecular weight is 558 g/mol. The third-order valence-electron chi connectivity index (χ3n) is 7.68. The normalized spacial score (nSPS) is 38.4. The van der Waals surface area contributed by atoms with Crippen LogP contribution in [0.4, 0.5) is 0 Å². The van der Waals surface area contributed by atoms with E-state index in [1.54, 1.807) is 19.9 Å². The number of carbonyl (C=O) groups excluding carboxylic acids is 2. The Hall–Kier alpha value is -1.86. The van der Waals surface area contributed by atoms with Crippen molar-refractivity contribution in [3.8, 4) is 0 Å². The van der Waals surface area contributed by atoms with Gasteiger partial charge in [-0.15, -0.1) is 0 Å². The minimum absolute atomic E-state index is 0.0565. The second-order valence-electron chi connectivity index (χ2n) is 11.1. The second kappa shape index (κ2) is 14.2. The van der Waals surface area contributed by atoms with Crippen LogP contribution >= 0.6 is 0 Å². The number of hydrogen-bond donors (Lipinski definition) is 6. The van der Waals surface area contributed by atoms with E-state index >= 15 is 0 Å². The highest BCUT2D eigenvalue weighted by Gasteiger charge is 2.59. The first kappa shape index (κ1) is 33.3. The van der Waals surface area contributed by atoms with E-state index in [0.29, 0.717) is 12.8 Å². The molecule has 2 aliphatic rings. The second-order valence-corrected chi connectivity index (χ2v) is 11.1. The summed E-state index contributed by atoms with van der Waals surface area (Å²) >= 11 is 0. The number of aliphatic hydroxyl groups excluding tert-OH is 3. The van der Waals surface area contributed by atoms with Gasteiger partial charge in [0.15, 0.2) is 5.79 Å². The van der Waals surface area contributed by atoms with Gasteiger partial charge in [0.25, 0.3) is 0 Å². The minimum Gasteiger partial charge on any atom is -0.458 e. The quantitative estimate of drug-likeness (QED) is 0.121. The van der Waals surface area contributed by atoms with Gasteiger partial charge in [0.2, 0.25) is 5.91 Å². The number of rotatable bonds is 11. The van der Waals surface area contributed by atoms with Crippen molar-refractivity contribution in [1.82, 2.24) is 5.32 Å². The predicted molar refractivity (Wildman–Crippen MR) is 142 cm³/mol. The van der Waals surface area contributed by atoms with Crippen molar-refractivity contribution in [2.75, 3.05) is 6.61 Å². The highest BCUT2D eigenvalue weighted by molar-refractivity contribution is 5.87. The van der Waals surface area contributed by atoms with Crippen molar-refractivity contribution in [2.24, 2.45) is 5.92 Å². The topological polar surface area (TPSA) is 175 Å². The SMILES string of the molecule is CCC(=O)OC(C)/C=C\C(=O)NC1CC(C)C(C/C=C(\C)CCC2OC(C)(O)C(O)C(O)(CO)C2O)OC1C. The molecule has 2 aliphatic heterocycles. The molecule has 1 amide bonds. The van der Waals surface area contributed by atoms with E-state index in [-0.39, 0.29) is 48.9 Å². The van der Waals surface area contributed by atoms with Crippen LogP contribution in [0.5, 0.6) is 0 Å². The van der Waals surface area contributed by atoms with Crippen molar-refractivity contribution in [3.05, 3.63) is 23.8 Å². The Kier molecular flexibility index (Phi) is 12.1. The molecule has 0 radical (unpaired) electrons. The Morgan fingerprint density at radius 2 is 1.87 bits per heavy atom. The fourth-order valence-electron chi connectivity index (χ4n) is 5.07. The van der Waals surface area contributed by atoms with Gasteiger partial charge in [-0.25, -0.2) is 0 Å². The van der Waals surface area contributed by atoms with Crippen LogP contribution in [0.15, 0.2) is 23.8 Å². The van der Waals surface area contributed by atoms with Gasteiger partial charge in [-0.05, 0) is 65.4 Å². The van der Waals surface area contributed by atoms with Gasteiger partial charge in [0.05, 0.1) is 31.0 Å². The molecule has 6 N–H and O–H groups in total. The lowest BCUT2D eigenvalue weighted by atomic mass is 9.79. The van der Waals surface area contributed by atoms with Crippen LogP contribution in [0.25, 0.3) is 0 Å². The molecule has 0 aromatic rings. The number of carbonyl (C=O) groups is 2. The molecule has 2 heterocycles. The molecule has 39 heavy (non-hydrogen) atoms. The molecule has 0 spiro atoms. The van der Waals surface area contributed by atoms with Crippen LogP contribution in [0.1, 0.15) is 73.6 Å². The lowest BCUT2D eigenvalue weighted by Gasteiger charge is -2.50. The van der Waals surface area contributed by atoms with Crippen molar-refractivity contribution >= 4 is 11.9 Å². The molecule has 0 aromatic heterocycles. The number of esters is 1. The Labute approximate surface area is 230 Å². The molecule has 10 atom stereocenters. The number of hydrogen-bond acceptors (Lipinski definition) is 10. The molecule has 0 saturated carbocycles. The lowest BCUT2D eigenvalue weighted by molar-refractivity contribution is -0.370. The smallest absolute Gasteiger partial charge is 0.306 e. The monoisotopic (exact) mass is 557 g/mol. The summed E-state index contributed by atoms with van der Waals surface area (Å²) in [5.41, 5.74) is -1.31. The molecule has 0 bridgehead atoms. The van der Waals surface area contributed by atoms with Gasteiger partial charge in [-0.1, -0.05) is 25.5 Å². The number of aliphatic hydroxyl groups is 5. The molecule has 11 nitrogen and oxygen atoms in total. The first-order valence-corrected chi connectivity index (χ1v) is 13.7. The Bertz CT molecular complexity index is 890. The van der Waals surface area contributed by atoms with E-state index in [1.807, 2.05) is 19.9 Å². The molecular weight excluding hydrogens is 510 g/mol. The lowest BCUT2D eigenvalue weighted by Crippen LogP contribution is -2.72. The third kappa shape index (κ3) is 8.81. The van der Waals surface area contributed by atoms with Crippen LogP contribution in [0.2, 0.25) is 0 Å². The summed E-state index contributed by atoms with van der Waals surface area (Å²) in [6.07, 6.45) is 2.15. The van der Waals surface area contributed by atoms with Crippen LogP contribution in [0, 0.1) is 5.92 Å². The van der Waals surface area contributed by atoms with Crippen LogP contribution in [0.3, 0.4) is 0 Å². The van der Waals surface area contributed by atoms with Gasteiger partial charge >= 0.3 is 5.97 Å². The van der Waals surface area contributed by atoms with Gasteiger partial charge < -0.3 is 45.1 Å². The minimum atomic E-state index is -2.30. The summed E-state index contributed by atoms with van der Waals surface area (Å²) in [6, 6.07) is -0.162. The van der Waals surface area contributed by atoms with Gasteiger partial charge in [-0.3, -0.25) is 9.59 Å². The van der Waals surface area contributed by atoms with Crippen molar-refractivity contribution < 1.29 is 49.3 Å². The van der Waals surface area contributed by atoms with Crippen molar-refractivity contribution in [3.63, 3.8) is 0 Å². The molecule has 2 fully saturated rings. The van der Waals surface area contributed by atoms with Crippen molar-refractivity contribution in [1.29, 1.82) is 0 Å². The summed E-state index contributed by atoms with van der Waals surface area (Å²) in [5, 5.41) is 54.0. The zero-order valence-corrected chi connectivity index (χ0v) is 23.9. The van der Waals surface area contributed by atoms with E-state index in [9.17, 15) is 35.1 Å². The van der Waals surface area contributed by atoms with E-state index < -0.39 is 42.4 Å². The number of nitrogens with one attached hydrogen (secondary N) is 1. The molecule has 10 unspecified atom stereocenters. The zero-order chi connectivity index (χ0) is 29.5. The Morgan fingerprint density at radius 3 is 2.49 bits per heavy atom. The number of amides is 1. The predicted octanol–water partition coefficient (Wildman–Crippen LogP) is 0.852. The molecule has 0 aromatic carbocycles. The summed E-state index contributed by atoms with van der Waals surface area (Å²) in [4.78, 5) is 23.7. The average Bonchev–Trinajstić information content (AvgIpc) is 2.88. The van der Waals surface area contributed by atoms with E-state index in [2.05, 4.69) is 12.2 Å². The zero-order valence-electron chi connectivity index (χ0n) is 23.9. The fraction of sp³-hybridized carbons (Fsp3) is 0.786. The maximum Gasteiger partial charge on any atom is 0.306 e. The van der Waals surface area contributed by atoms with E-state index in [4.69, 9.17) is 14.2 Å². The number of allylic oxidation sites excluding steroid dienone is 1. The standard InChI is InChI=1S/C28H47NO10/c1-7-24(32)37-18(4)10-13-23(31)29-20-14-17(3)21(38-19(20)5)11-8-16(2)9-12-22-25(33)28(36,15-30)26(34)27(6,35)39-22/h8,10,13,17-22,25-26,30,33-36H,7,9,11-12,14-15H2,1-6H3,(H,29,31)/b13-10-,16-8+. The molecule has 2 rings (SSSR count). The van der Waals surface area contributed by atoms with E-state index in [1.165, 1.54) is 13.0 Å².